The van der Waals surface area contributed by atoms with Gasteiger partial charge in [0, 0.05) is 11.7 Å². The summed E-state index contributed by atoms with van der Waals surface area (Å²) in [6.07, 6.45) is 1.95. The summed E-state index contributed by atoms with van der Waals surface area (Å²) >= 11 is 0. The van der Waals surface area contributed by atoms with Crippen molar-refractivity contribution in [3.05, 3.63) is 65.4 Å². The highest BCUT2D eigenvalue weighted by Crippen LogP contribution is 2.19. The van der Waals surface area contributed by atoms with Crippen LogP contribution in [0.4, 0.5) is 0 Å². The van der Waals surface area contributed by atoms with Crippen LogP contribution in [0.25, 0.3) is 10.9 Å². The number of aryl methyl sites for hydroxylation is 1. The zero-order chi connectivity index (χ0) is 16.3. The van der Waals surface area contributed by atoms with Crippen molar-refractivity contribution in [3.63, 3.8) is 0 Å². The topological polar surface area (TPSA) is 76.0 Å². The maximum absolute atomic E-state index is 11.1. The summed E-state index contributed by atoms with van der Waals surface area (Å²) in [6, 6.07) is 13.6. The number of hydrogen-bond acceptors (Lipinski definition) is 2. The number of primary sulfonamides is 1. The van der Waals surface area contributed by atoms with E-state index in [0.29, 0.717) is 0 Å². The van der Waals surface area contributed by atoms with Crippen LogP contribution in [-0.2, 0) is 10.0 Å². The van der Waals surface area contributed by atoms with Crippen molar-refractivity contribution >= 4 is 20.9 Å². The molecule has 1 heterocycles. The minimum atomic E-state index is -3.57. The Morgan fingerprint density at radius 3 is 2.23 bits per heavy atom. The van der Waals surface area contributed by atoms with Crippen LogP contribution in [0.5, 0.6) is 0 Å². The van der Waals surface area contributed by atoms with Gasteiger partial charge in [-0.1, -0.05) is 24.3 Å². The molecular formula is C17H20N2O2S. The third-order valence-corrected chi connectivity index (χ3v) is 4.83. The summed E-state index contributed by atoms with van der Waals surface area (Å²) in [5.74, 6) is 0. The molecule has 0 bridgehead atoms. The number of rotatable bonds is 1. The first-order valence-electron chi connectivity index (χ1n) is 6.92. The average molecular weight is 316 g/mol. The number of H-pyrrole nitrogens is 1. The number of fused-ring (bicyclic) bond motifs is 1. The number of para-hydroxylation sites is 1. The van der Waals surface area contributed by atoms with Gasteiger partial charge in [0.2, 0.25) is 10.0 Å². The van der Waals surface area contributed by atoms with Crippen LogP contribution < -0.4 is 5.14 Å². The minimum Gasteiger partial charge on any atom is -0.361 e. The van der Waals surface area contributed by atoms with E-state index in [2.05, 4.69) is 23.2 Å². The highest BCUT2D eigenvalue weighted by molar-refractivity contribution is 7.89. The Balaban J connectivity index is 0.000000170. The summed E-state index contributed by atoms with van der Waals surface area (Å²) in [4.78, 5) is 3.34. The molecule has 0 saturated carbocycles. The fourth-order valence-corrected chi connectivity index (χ4v) is 3.07. The number of aromatic amines is 1. The predicted octanol–water partition coefficient (Wildman–Crippen LogP) is 3.43. The zero-order valence-corrected chi connectivity index (χ0v) is 13.7. The largest absolute Gasteiger partial charge is 0.361 e. The van der Waals surface area contributed by atoms with E-state index < -0.39 is 10.0 Å². The van der Waals surface area contributed by atoms with Crippen molar-refractivity contribution in [1.29, 1.82) is 0 Å². The van der Waals surface area contributed by atoms with Crippen LogP contribution in [0.3, 0.4) is 0 Å². The highest BCUT2D eigenvalue weighted by Gasteiger charge is 2.12. The molecule has 0 spiro atoms. The third-order valence-electron chi connectivity index (χ3n) is 3.78. The molecule has 0 aliphatic rings. The van der Waals surface area contributed by atoms with Crippen molar-refractivity contribution in [3.8, 4) is 0 Å². The van der Waals surface area contributed by atoms with Crippen molar-refractivity contribution in [2.45, 2.75) is 25.7 Å². The molecule has 3 aromatic rings. The SMILES string of the molecule is Cc1ccc(S(N)(=O)=O)c(C)c1C.c1ccc2[nH]ccc2c1. The number of sulfonamides is 1. The molecule has 1 aromatic heterocycles. The number of benzene rings is 2. The molecule has 0 radical (unpaired) electrons. The lowest BCUT2D eigenvalue weighted by atomic mass is 10.1. The number of aromatic nitrogens is 1. The number of nitrogens with one attached hydrogen (secondary N) is 1. The first kappa shape index (κ1) is 16.3. The molecular weight excluding hydrogens is 296 g/mol. The van der Waals surface area contributed by atoms with E-state index in [9.17, 15) is 8.42 Å². The van der Waals surface area contributed by atoms with Gasteiger partial charge < -0.3 is 4.98 Å². The average Bonchev–Trinajstić information content (AvgIpc) is 2.92. The molecule has 0 atom stereocenters. The molecule has 3 N–H and O–H groups in total. The molecule has 3 rings (SSSR count). The van der Waals surface area contributed by atoms with Crippen LogP contribution in [0.15, 0.2) is 53.6 Å². The molecule has 0 unspecified atom stereocenters. The van der Waals surface area contributed by atoms with Gasteiger partial charge in [0.15, 0.2) is 0 Å². The summed E-state index contributed by atoms with van der Waals surface area (Å²) in [5, 5.41) is 6.32. The van der Waals surface area contributed by atoms with Crippen molar-refractivity contribution in [1.82, 2.24) is 4.98 Å². The highest BCUT2D eigenvalue weighted by atomic mass is 32.2. The number of nitrogens with two attached hydrogens (primary N) is 1. The molecule has 0 amide bonds. The van der Waals surface area contributed by atoms with Crippen molar-refractivity contribution in [2.75, 3.05) is 0 Å². The zero-order valence-electron chi connectivity index (χ0n) is 12.9. The monoisotopic (exact) mass is 316 g/mol. The van der Waals surface area contributed by atoms with Gasteiger partial charge in [-0.3, -0.25) is 0 Å². The van der Waals surface area contributed by atoms with Gasteiger partial charge >= 0.3 is 0 Å². The molecule has 0 aliphatic heterocycles. The third kappa shape index (κ3) is 3.55. The Kier molecular flexibility index (Phi) is 4.68. The van der Waals surface area contributed by atoms with Crippen LogP contribution in [0.1, 0.15) is 16.7 Å². The maximum Gasteiger partial charge on any atom is 0.238 e. The van der Waals surface area contributed by atoms with E-state index in [0.717, 1.165) is 16.7 Å². The number of hydrogen-bond donors (Lipinski definition) is 2. The van der Waals surface area contributed by atoms with Crippen molar-refractivity contribution < 1.29 is 8.42 Å². The lowest BCUT2D eigenvalue weighted by molar-refractivity contribution is 0.597. The van der Waals surface area contributed by atoms with Crippen molar-refractivity contribution in [2.24, 2.45) is 5.14 Å². The van der Waals surface area contributed by atoms with Gasteiger partial charge in [-0.25, -0.2) is 13.6 Å². The molecule has 22 heavy (non-hydrogen) atoms. The van der Waals surface area contributed by atoms with E-state index in [-0.39, 0.29) is 4.90 Å². The van der Waals surface area contributed by atoms with E-state index in [1.807, 2.05) is 32.2 Å². The van der Waals surface area contributed by atoms with Gasteiger partial charge in [0.25, 0.3) is 0 Å². The Hall–Kier alpha value is -2.11. The van der Waals surface area contributed by atoms with Gasteiger partial charge in [-0.15, -0.1) is 0 Å². The quantitative estimate of drug-likeness (QED) is 0.721. The smallest absolute Gasteiger partial charge is 0.238 e. The van der Waals surface area contributed by atoms with E-state index >= 15 is 0 Å². The molecule has 4 nitrogen and oxygen atoms in total. The van der Waals surface area contributed by atoms with Gasteiger partial charge in [-0.05, 0) is 61.0 Å². The standard InChI is InChI=1S/C9H13NO2S.C8H7N/c1-6-4-5-9(13(10,11)12)8(3)7(6)2;1-2-4-8-7(3-1)5-6-9-8/h4-5H,1-3H3,(H2,10,11,12);1-6,9H. The Morgan fingerprint density at radius 1 is 0.909 bits per heavy atom. The molecule has 0 fully saturated rings. The van der Waals surface area contributed by atoms with E-state index in [1.165, 1.54) is 10.9 Å². The fourth-order valence-electron chi connectivity index (χ4n) is 2.23. The lowest BCUT2D eigenvalue weighted by Crippen LogP contribution is -2.14. The molecule has 0 saturated heterocycles. The predicted molar refractivity (Wildman–Crippen MR) is 90.3 cm³/mol. The second-order valence-electron chi connectivity index (χ2n) is 5.24. The van der Waals surface area contributed by atoms with E-state index in [1.54, 1.807) is 19.1 Å². The van der Waals surface area contributed by atoms with E-state index in [4.69, 9.17) is 5.14 Å². The van der Waals surface area contributed by atoms with Crippen LogP contribution >= 0.6 is 0 Å². The molecule has 116 valence electrons. The van der Waals surface area contributed by atoms with Gasteiger partial charge in [-0.2, -0.15) is 0 Å². The van der Waals surface area contributed by atoms with Gasteiger partial charge in [0.1, 0.15) is 0 Å². The van der Waals surface area contributed by atoms with Crippen LogP contribution in [0.2, 0.25) is 0 Å². The second-order valence-corrected chi connectivity index (χ2v) is 6.77. The summed E-state index contributed by atoms with van der Waals surface area (Å²) in [7, 11) is -3.57. The second kappa shape index (κ2) is 6.34. The minimum absolute atomic E-state index is 0.218. The summed E-state index contributed by atoms with van der Waals surface area (Å²) in [5.41, 5.74) is 4.00. The first-order chi connectivity index (χ1) is 10.3. The molecule has 5 heteroatoms. The van der Waals surface area contributed by atoms with Crippen LogP contribution in [-0.4, -0.2) is 13.4 Å². The first-order valence-corrected chi connectivity index (χ1v) is 8.47. The fraction of sp³-hybridized carbons (Fsp3) is 0.176. The molecule has 0 aliphatic carbocycles. The Morgan fingerprint density at radius 2 is 1.59 bits per heavy atom. The van der Waals surface area contributed by atoms with Crippen LogP contribution in [0, 0.1) is 20.8 Å². The molecule has 2 aromatic carbocycles. The maximum atomic E-state index is 11.1. The Labute approximate surface area is 131 Å². The van der Waals surface area contributed by atoms with Gasteiger partial charge in [0.05, 0.1) is 4.90 Å². The summed E-state index contributed by atoms with van der Waals surface area (Å²) in [6.45, 7) is 5.59. The normalized spacial score (nSPS) is 11.1. The lowest BCUT2D eigenvalue weighted by Gasteiger charge is -2.08. The Bertz CT molecular complexity index is 866. The summed E-state index contributed by atoms with van der Waals surface area (Å²) < 4.78 is 22.2.